The highest BCUT2D eigenvalue weighted by molar-refractivity contribution is 5.94. The lowest BCUT2D eigenvalue weighted by molar-refractivity contribution is 0.0928. The third-order valence-electron chi connectivity index (χ3n) is 4.06. The van der Waals surface area contributed by atoms with Gasteiger partial charge in [0.1, 0.15) is 12.2 Å². The van der Waals surface area contributed by atoms with Crippen LogP contribution in [-0.4, -0.2) is 40.7 Å². The molecule has 9 nitrogen and oxygen atoms in total. The summed E-state index contributed by atoms with van der Waals surface area (Å²) in [7, 11) is 0. The number of nitrogens with zero attached hydrogens (tertiary/aromatic N) is 7. The molecule has 1 unspecified atom stereocenters. The van der Waals surface area contributed by atoms with Crippen LogP contribution in [-0.2, 0) is 6.54 Å². The first-order chi connectivity index (χ1) is 11.3. The second-order valence-electron chi connectivity index (χ2n) is 5.62. The molecule has 0 aromatic carbocycles. The predicted octanol–water partition coefficient (Wildman–Crippen LogP) is 0.617. The minimum absolute atomic E-state index is 0.116. The first kappa shape index (κ1) is 13.8. The summed E-state index contributed by atoms with van der Waals surface area (Å²) >= 11 is 0. The van der Waals surface area contributed by atoms with E-state index in [2.05, 4.69) is 30.9 Å². The summed E-state index contributed by atoms with van der Waals surface area (Å²) in [5.41, 5.74) is 1.11. The Kier molecular flexibility index (Phi) is 3.25. The largest absolute Gasteiger partial charge is 0.342 e. The topological polar surface area (TPSA) is 103 Å². The molecule has 0 radical (unpaired) electrons. The summed E-state index contributed by atoms with van der Waals surface area (Å²) in [6.45, 7) is 2.74. The summed E-state index contributed by atoms with van der Waals surface area (Å²) < 4.78 is 3.31. The number of hydrogen-bond acceptors (Lipinski definition) is 6. The third-order valence-corrected chi connectivity index (χ3v) is 4.06. The van der Waals surface area contributed by atoms with Gasteiger partial charge < -0.3 is 5.32 Å². The fourth-order valence-electron chi connectivity index (χ4n) is 2.68. The van der Waals surface area contributed by atoms with Crippen LogP contribution in [0.5, 0.6) is 0 Å². The molecule has 9 heteroatoms. The van der Waals surface area contributed by atoms with Crippen molar-refractivity contribution >= 4 is 11.6 Å². The van der Waals surface area contributed by atoms with Crippen LogP contribution in [0, 0.1) is 5.92 Å². The van der Waals surface area contributed by atoms with Crippen LogP contribution >= 0.6 is 0 Å². The summed E-state index contributed by atoms with van der Waals surface area (Å²) in [5.74, 6) is 1.07. The molecule has 0 spiro atoms. The smallest absolute Gasteiger partial charge is 0.253 e. The minimum atomic E-state index is -0.162. The lowest BCUT2D eigenvalue weighted by Gasteiger charge is -2.18. The number of amides is 1. The normalized spacial score (nSPS) is 15.7. The van der Waals surface area contributed by atoms with Crippen LogP contribution in [0.25, 0.3) is 5.65 Å². The van der Waals surface area contributed by atoms with E-state index in [4.69, 9.17) is 0 Å². The quantitative estimate of drug-likeness (QED) is 0.740. The van der Waals surface area contributed by atoms with Gasteiger partial charge >= 0.3 is 0 Å². The summed E-state index contributed by atoms with van der Waals surface area (Å²) in [4.78, 5) is 16.9. The lowest BCUT2D eigenvalue weighted by Crippen LogP contribution is -2.32. The first-order valence-electron chi connectivity index (χ1n) is 7.62. The minimum Gasteiger partial charge on any atom is -0.342 e. The standard InChI is InChI=1S/C14H16N8O/c1-2-21-13(15-8-16-21)12(9-3-4-9)17-14(23)10-5-6-11-18-19-20-22(11)7-10/h5-9,12H,2-4H2,1H3,(H,17,23). The van der Waals surface area contributed by atoms with Gasteiger partial charge in [-0.25, -0.2) is 9.67 Å². The molecule has 3 aromatic heterocycles. The Morgan fingerprint density at radius 1 is 1.43 bits per heavy atom. The maximum absolute atomic E-state index is 12.6. The summed E-state index contributed by atoms with van der Waals surface area (Å²) in [5, 5.41) is 18.5. The van der Waals surface area contributed by atoms with Crippen molar-refractivity contribution < 1.29 is 4.79 Å². The SMILES string of the molecule is CCn1ncnc1C(NC(=O)c1ccc2nnnn2c1)C1CC1. The van der Waals surface area contributed by atoms with E-state index >= 15 is 0 Å². The number of tetrazole rings is 1. The zero-order valence-corrected chi connectivity index (χ0v) is 12.6. The van der Waals surface area contributed by atoms with Crippen LogP contribution in [0.15, 0.2) is 24.7 Å². The fraction of sp³-hybridized carbons (Fsp3) is 0.429. The van der Waals surface area contributed by atoms with E-state index in [-0.39, 0.29) is 11.9 Å². The Morgan fingerprint density at radius 3 is 3.09 bits per heavy atom. The van der Waals surface area contributed by atoms with Crippen LogP contribution < -0.4 is 5.32 Å². The van der Waals surface area contributed by atoms with Crippen LogP contribution in [0.2, 0.25) is 0 Å². The van der Waals surface area contributed by atoms with Gasteiger partial charge in [0.15, 0.2) is 5.65 Å². The molecule has 3 heterocycles. The molecule has 1 saturated carbocycles. The molecular formula is C14H16N8O. The van der Waals surface area contributed by atoms with Gasteiger partial charge in [0.25, 0.3) is 5.91 Å². The van der Waals surface area contributed by atoms with Crippen molar-refractivity contribution in [3.63, 3.8) is 0 Å². The van der Waals surface area contributed by atoms with Gasteiger partial charge in [-0.3, -0.25) is 4.79 Å². The molecule has 1 aliphatic carbocycles. The molecule has 1 amide bonds. The van der Waals surface area contributed by atoms with E-state index in [1.807, 2.05) is 11.6 Å². The molecule has 23 heavy (non-hydrogen) atoms. The van der Waals surface area contributed by atoms with E-state index in [9.17, 15) is 4.79 Å². The summed E-state index contributed by atoms with van der Waals surface area (Å²) in [6, 6.07) is 3.32. The van der Waals surface area contributed by atoms with Crippen LogP contribution in [0.1, 0.15) is 42.0 Å². The van der Waals surface area contributed by atoms with Gasteiger partial charge in [-0.2, -0.15) is 9.61 Å². The molecule has 1 N–H and O–H groups in total. The number of aromatic nitrogens is 7. The van der Waals surface area contributed by atoms with Crippen molar-refractivity contribution in [2.45, 2.75) is 32.4 Å². The molecule has 0 bridgehead atoms. The molecular weight excluding hydrogens is 296 g/mol. The van der Waals surface area contributed by atoms with Gasteiger partial charge in [0, 0.05) is 12.7 Å². The second kappa shape index (κ2) is 5.41. The molecule has 118 valence electrons. The maximum Gasteiger partial charge on any atom is 0.253 e. The molecule has 0 saturated heterocycles. The van der Waals surface area contributed by atoms with E-state index < -0.39 is 0 Å². The highest BCUT2D eigenvalue weighted by Gasteiger charge is 2.36. The average molecular weight is 312 g/mol. The van der Waals surface area contributed by atoms with E-state index in [0.29, 0.717) is 17.1 Å². The molecule has 4 rings (SSSR count). The molecule has 0 aliphatic heterocycles. The van der Waals surface area contributed by atoms with Gasteiger partial charge in [0.05, 0.1) is 11.6 Å². The van der Waals surface area contributed by atoms with E-state index in [1.165, 1.54) is 10.8 Å². The number of hydrogen-bond donors (Lipinski definition) is 1. The Bertz CT molecular complexity index is 849. The van der Waals surface area contributed by atoms with Crippen molar-refractivity contribution in [3.8, 4) is 0 Å². The van der Waals surface area contributed by atoms with E-state index in [1.54, 1.807) is 18.3 Å². The number of carbonyl (C=O) groups excluding carboxylic acids is 1. The van der Waals surface area contributed by atoms with Crippen molar-refractivity contribution in [1.82, 2.24) is 40.1 Å². The Morgan fingerprint density at radius 2 is 2.30 bits per heavy atom. The zero-order chi connectivity index (χ0) is 15.8. The number of carbonyl (C=O) groups is 1. The van der Waals surface area contributed by atoms with Crippen LogP contribution in [0.3, 0.4) is 0 Å². The fourth-order valence-corrected chi connectivity index (χ4v) is 2.68. The number of nitrogens with one attached hydrogen (secondary N) is 1. The highest BCUT2D eigenvalue weighted by Crippen LogP contribution is 2.40. The van der Waals surface area contributed by atoms with Gasteiger partial charge in [-0.15, -0.1) is 5.10 Å². The van der Waals surface area contributed by atoms with Crippen LogP contribution in [0.4, 0.5) is 0 Å². The second-order valence-corrected chi connectivity index (χ2v) is 5.62. The Balaban J connectivity index is 1.60. The number of pyridine rings is 1. The van der Waals surface area contributed by atoms with Gasteiger partial charge in [-0.05, 0) is 48.2 Å². The molecule has 1 fully saturated rings. The highest BCUT2D eigenvalue weighted by atomic mass is 16.1. The van der Waals surface area contributed by atoms with Gasteiger partial charge in [-0.1, -0.05) is 0 Å². The van der Waals surface area contributed by atoms with Crippen molar-refractivity contribution in [2.24, 2.45) is 5.92 Å². The lowest BCUT2D eigenvalue weighted by atomic mass is 10.1. The predicted molar refractivity (Wildman–Crippen MR) is 79.4 cm³/mol. The monoisotopic (exact) mass is 312 g/mol. The third kappa shape index (κ3) is 2.54. The Labute approximate surface area is 131 Å². The molecule has 1 aliphatic rings. The zero-order valence-electron chi connectivity index (χ0n) is 12.6. The maximum atomic E-state index is 12.6. The number of rotatable bonds is 5. The number of fused-ring (bicyclic) bond motifs is 1. The molecule has 3 aromatic rings. The number of aryl methyl sites for hydroxylation is 1. The van der Waals surface area contributed by atoms with Crippen molar-refractivity contribution in [3.05, 3.63) is 36.0 Å². The van der Waals surface area contributed by atoms with Crippen molar-refractivity contribution in [1.29, 1.82) is 0 Å². The van der Waals surface area contributed by atoms with Gasteiger partial charge in [0.2, 0.25) is 0 Å². The van der Waals surface area contributed by atoms with Crippen molar-refractivity contribution in [2.75, 3.05) is 0 Å². The molecule has 1 atom stereocenters. The summed E-state index contributed by atoms with van der Waals surface area (Å²) in [6.07, 6.45) is 5.34. The van der Waals surface area contributed by atoms with E-state index in [0.717, 1.165) is 25.2 Å². The Hall–Kier alpha value is -2.84. The first-order valence-corrected chi connectivity index (χ1v) is 7.62. The average Bonchev–Trinajstić information content (AvgIpc) is 3.12.